The van der Waals surface area contributed by atoms with Crippen LogP contribution in [0.25, 0.3) is 10.8 Å². The van der Waals surface area contributed by atoms with Crippen molar-refractivity contribution < 1.29 is 0 Å². The molecule has 0 radical (unpaired) electrons. The van der Waals surface area contributed by atoms with Gasteiger partial charge in [0.25, 0.3) is 0 Å². The van der Waals surface area contributed by atoms with Crippen molar-refractivity contribution in [3.05, 3.63) is 65.5 Å². The second-order valence-electron chi connectivity index (χ2n) is 5.28. The van der Waals surface area contributed by atoms with Crippen molar-refractivity contribution in [2.24, 2.45) is 5.73 Å². The highest BCUT2D eigenvalue weighted by atomic mass is 15.3. The Morgan fingerprint density at radius 1 is 1.10 bits per heavy atom. The molecule has 0 spiro atoms. The number of benzene rings is 2. The smallest absolute Gasteiger partial charge is 0.0605 e. The second kappa shape index (κ2) is 5.10. The van der Waals surface area contributed by atoms with Crippen LogP contribution in [0.2, 0.25) is 0 Å². The lowest BCUT2D eigenvalue weighted by Crippen LogP contribution is -2.19. The molecule has 0 aliphatic rings. The fraction of sp³-hybridized carbons (Fsp3) is 0.235. The van der Waals surface area contributed by atoms with Gasteiger partial charge in [0, 0.05) is 5.69 Å². The highest BCUT2D eigenvalue weighted by Crippen LogP contribution is 2.24. The van der Waals surface area contributed by atoms with Crippen LogP contribution < -0.4 is 5.73 Å². The monoisotopic (exact) mass is 265 g/mol. The van der Waals surface area contributed by atoms with Crippen LogP contribution in [0.15, 0.2) is 48.5 Å². The molecular weight excluding hydrogens is 246 g/mol. The van der Waals surface area contributed by atoms with Crippen LogP contribution in [0, 0.1) is 13.8 Å². The van der Waals surface area contributed by atoms with Crippen molar-refractivity contribution in [2.75, 3.05) is 0 Å². The number of fused-ring (bicyclic) bond motifs is 1. The summed E-state index contributed by atoms with van der Waals surface area (Å²) in [7, 11) is 0. The first-order chi connectivity index (χ1) is 9.65. The van der Waals surface area contributed by atoms with Gasteiger partial charge in [-0.1, -0.05) is 42.5 Å². The van der Waals surface area contributed by atoms with E-state index in [1.54, 1.807) is 0 Å². The lowest BCUT2D eigenvalue weighted by atomic mass is 9.99. The summed E-state index contributed by atoms with van der Waals surface area (Å²) in [6, 6.07) is 16.7. The molecular formula is C17H19N3. The molecule has 3 nitrogen and oxygen atoms in total. The summed E-state index contributed by atoms with van der Waals surface area (Å²) in [4.78, 5) is 0. The third kappa shape index (κ3) is 2.32. The SMILES string of the molecule is Cc1cc(C)n(CC(N)c2cccc3ccccc23)n1. The van der Waals surface area contributed by atoms with Gasteiger partial charge in [-0.2, -0.15) is 5.10 Å². The summed E-state index contributed by atoms with van der Waals surface area (Å²) in [5.41, 5.74) is 9.77. The average molecular weight is 265 g/mol. The molecule has 3 rings (SSSR count). The van der Waals surface area contributed by atoms with Crippen LogP contribution in [-0.2, 0) is 6.54 Å². The van der Waals surface area contributed by atoms with Crippen LogP contribution in [0.4, 0.5) is 0 Å². The van der Waals surface area contributed by atoms with Gasteiger partial charge < -0.3 is 5.73 Å². The Bertz CT molecular complexity index is 738. The number of hydrogen-bond donors (Lipinski definition) is 1. The molecule has 1 atom stereocenters. The standard InChI is InChI=1S/C17H19N3/c1-12-10-13(2)20(19-12)11-17(18)16-9-5-7-14-6-3-4-8-15(14)16/h3-10,17H,11,18H2,1-2H3. The van der Waals surface area contributed by atoms with Crippen LogP contribution >= 0.6 is 0 Å². The van der Waals surface area contributed by atoms with Gasteiger partial charge in [0.15, 0.2) is 0 Å². The van der Waals surface area contributed by atoms with Gasteiger partial charge in [-0.3, -0.25) is 4.68 Å². The largest absolute Gasteiger partial charge is 0.322 e. The van der Waals surface area contributed by atoms with Gasteiger partial charge >= 0.3 is 0 Å². The average Bonchev–Trinajstić information content (AvgIpc) is 2.76. The highest BCUT2D eigenvalue weighted by molar-refractivity contribution is 5.86. The second-order valence-corrected chi connectivity index (χ2v) is 5.28. The normalized spacial score (nSPS) is 12.8. The van der Waals surface area contributed by atoms with Gasteiger partial charge in [0.2, 0.25) is 0 Å². The Hall–Kier alpha value is -2.13. The van der Waals surface area contributed by atoms with E-state index >= 15 is 0 Å². The maximum Gasteiger partial charge on any atom is 0.0605 e. The maximum absolute atomic E-state index is 6.41. The minimum Gasteiger partial charge on any atom is -0.322 e. The quantitative estimate of drug-likeness (QED) is 0.789. The summed E-state index contributed by atoms with van der Waals surface area (Å²) >= 11 is 0. The molecule has 0 amide bonds. The van der Waals surface area contributed by atoms with E-state index < -0.39 is 0 Å². The zero-order chi connectivity index (χ0) is 14.1. The van der Waals surface area contributed by atoms with E-state index in [2.05, 4.69) is 60.6 Å². The van der Waals surface area contributed by atoms with E-state index in [4.69, 9.17) is 5.73 Å². The van der Waals surface area contributed by atoms with Gasteiger partial charge in [-0.05, 0) is 36.2 Å². The van der Waals surface area contributed by atoms with Gasteiger partial charge in [-0.15, -0.1) is 0 Å². The number of hydrogen-bond acceptors (Lipinski definition) is 2. The van der Waals surface area contributed by atoms with Crippen molar-refractivity contribution in [3.63, 3.8) is 0 Å². The topological polar surface area (TPSA) is 43.8 Å². The molecule has 2 aromatic carbocycles. The van der Waals surface area contributed by atoms with E-state index in [9.17, 15) is 0 Å². The number of nitrogens with zero attached hydrogens (tertiary/aromatic N) is 2. The van der Waals surface area contributed by atoms with Crippen molar-refractivity contribution in [3.8, 4) is 0 Å². The molecule has 0 saturated carbocycles. The summed E-state index contributed by atoms with van der Waals surface area (Å²) in [6.07, 6.45) is 0. The molecule has 0 aliphatic carbocycles. The minimum absolute atomic E-state index is 0.0564. The maximum atomic E-state index is 6.41. The van der Waals surface area contributed by atoms with E-state index in [0.717, 1.165) is 11.4 Å². The molecule has 2 N–H and O–H groups in total. The van der Waals surface area contributed by atoms with Crippen molar-refractivity contribution >= 4 is 10.8 Å². The van der Waals surface area contributed by atoms with Crippen LogP contribution in [-0.4, -0.2) is 9.78 Å². The molecule has 1 unspecified atom stereocenters. The summed E-state index contributed by atoms with van der Waals surface area (Å²) in [5, 5.41) is 6.95. The van der Waals surface area contributed by atoms with Gasteiger partial charge in [0.1, 0.15) is 0 Å². The number of nitrogens with two attached hydrogens (primary N) is 1. The van der Waals surface area contributed by atoms with E-state index in [0.29, 0.717) is 6.54 Å². The highest BCUT2D eigenvalue weighted by Gasteiger charge is 2.12. The Labute approximate surface area is 119 Å². The lowest BCUT2D eigenvalue weighted by molar-refractivity contribution is 0.517. The molecule has 102 valence electrons. The third-order valence-electron chi connectivity index (χ3n) is 3.70. The first-order valence-electron chi connectivity index (χ1n) is 6.89. The summed E-state index contributed by atoms with van der Waals surface area (Å²) < 4.78 is 1.99. The van der Waals surface area contributed by atoms with Gasteiger partial charge in [-0.25, -0.2) is 0 Å². The van der Waals surface area contributed by atoms with E-state index in [1.165, 1.54) is 16.3 Å². The Morgan fingerprint density at radius 3 is 2.60 bits per heavy atom. The Morgan fingerprint density at radius 2 is 1.85 bits per heavy atom. The zero-order valence-electron chi connectivity index (χ0n) is 11.9. The fourth-order valence-corrected chi connectivity index (χ4v) is 2.72. The van der Waals surface area contributed by atoms with Crippen molar-refractivity contribution in [1.82, 2.24) is 9.78 Å². The fourth-order valence-electron chi connectivity index (χ4n) is 2.72. The third-order valence-corrected chi connectivity index (χ3v) is 3.70. The molecule has 0 fully saturated rings. The van der Waals surface area contributed by atoms with Crippen LogP contribution in [0.5, 0.6) is 0 Å². The van der Waals surface area contributed by atoms with Gasteiger partial charge in [0.05, 0.1) is 18.3 Å². The number of aryl methyl sites for hydroxylation is 2. The molecule has 3 aromatic rings. The molecule has 3 heteroatoms. The summed E-state index contributed by atoms with van der Waals surface area (Å²) in [6.45, 7) is 4.77. The Balaban J connectivity index is 1.96. The molecule has 0 saturated heterocycles. The Kier molecular flexibility index (Phi) is 3.28. The first kappa shape index (κ1) is 12.9. The minimum atomic E-state index is -0.0564. The van der Waals surface area contributed by atoms with E-state index in [1.807, 2.05) is 11.6 Å². The molecule has 1 heterocycles. The molecule has 0 aliphatic heterocycles. The molecule has 1 aromatic heterocycles. The van der Waals surface area contributed by atoms with Crippen molar-refractivity contribution in [2.45, 2.75) is 26.4 Å². The van der Waals surface area contributed by atoms with E-state index in [-0.39, 0.29) is 6.04 Å². The number of aromatic nitrogens is 2. The molecule has 0 bridgehead atoms. The lowest BCUT2D eigenvalue weighted by Gasteiger charge is -2.16. The molecule has 20 heavy (non-hydrogen) atoms. The van der Waals surface area contributed by atoms with Crippen LogP contribution in [0.3, 0.4) is 0 Å². The zero-order valence-corrected chi connectivity index (χ0v) is 11.9. The summed E-state index contributed by atoms with van der Waals surface area (Å²) in [5.74, 6) is 0. The first-order valence-corrected chi connectivity index (χ1v) is 6.89. The predicted molar refractivity (Wildman–Crippen MR) is 82.6 cm³/mol. The van der Waals surface area contributed by atoms with Crippen LogP contribution in [0.1, 0.15) is 23.0 Å². The predicted octanol–water partition coefficient (Wildman–Crippen LogP) is 3.35. The number of rotatable bonds is 3. The van der Waals surface area contributed by atoms with Crippen molar-refractivity contribution in [1.29, 1.82) is 0 Å².